The van der Waals surface area contributed by atoms with Crippen LogP contribution in [0.5, 0.6) is 0 Å². The normalized spacial score (nSPS) is 18.9. The van der Waals surface area contributed by atoms with Crippen molar-refractivity contribution >= 4 is 27.4 Å². The summed E-state index contributed by atoms with van der Waals surface area (Å²) in [6, 6.07) is 2.88. The Morgan fingerprint density at radius 2 is 2.15 bits per heavy atom. The number of aromatic nitrogens is 2. The van der Waals surface area contributed by atoms with Crippen molar-refractivity contribution in [2.24, 2.45) is 5.92 Å². The molecule has 0 spiro atoms. The molecule has 0 aromatic carbocycles. The van der Waals surface area contributed by atoms with Gasteiger partial charge in [0.15, 0.2) is 0 Å². The number of thiophene rings is 1. The lowest BCUT2D eigenvalue weighted by Crippen LogP contribution is -2.28. The van der Waals surface area contributed by atoms with Gasteiger partial charge in [-0.25, -0.2) is 9.97 Å². The van der Waals surface area contributed by atoms with E-state index in [1.807, 2.05) is 7.05 Å². The molecule has 2 aromatic heterocycles. The topological polar surface area (TPSA) is 41.1 Å². The fourth-order valence-electron chi connectivity index (χ4n) is 2.76. The maximum Gasteiger partial charge on any atom is 0.146 e. The van der Waals surface area contributed by atoms with Crippen molar-refractivity contribution in [3.05, 3.63) is 17.3 Å². The van der Waals surface area contributed by atoms with Gasteiger partial charge in [-0.1, -0.05) is 0 Å². The van der Waals surface area contributed by atoms with E-state index < -0.39 is 0 Å². The number of nitrogens with one attached hydrogen (secondary N) is 1. The highest BCUT2D eigenvalue weighted by molar-refractivity contribution is 7.16. The summed E-state index contributed by atoms with van der Waals surface area (Å²) in [5, 5.41) is 6.44. The van der Waals surface area contributed by atoms with Gasteiger partial charge in [-0.3, -0.25) is 4.90 Å². The van der Waals surface area contributed by atoms with Crippen LogP contribution in [0.25, 0.3) is 10.2 Å². The van der Waals surface area contributed by atoms with Crippen molar-refractivity contribution in [2.75, 3.05) is 18.9 Å². The number of hydrogen-bond donors (Lipinski definition) is 1. The summed E-state index contributed by atoms with van der Waals surface area (Å²) in [6.07, 6.45) is 5.53. The summed E-state index contributed by atoms with van der Waals surface area (Å²) in [4.78, 5) is 13.2. The van der Waals surface area contributed by atoms with E-state index in [9.17, 15) is 0 Å². The standard InChI is InChI=1S/C15H20N4S/c1-16-14-12-6-7-20-15(12)18-13(17-14)9-19(11-4-5-11)8-10-2-3-10/h6-7,10-11H,2-5,8-9H2,1H3,(H,16,17,18). The number of anilines is 1. The van der Waals surface area contributed by atoms with E-state index in [-0.39, 0.29) is 0 Å². The predicted octanol–water partition coefficient (Wildman–Crippen LogP) is 3.11. The van der Waals surface area contributed by atoms with Crippen LogP contribution in [-0.2, 0) is 6.54 Å². The SMILES string of the molecule is CNc1nc(CN(CC2CC2)C2CC2)nc2sccc12. The molecule has 5 heteroatoms. The summed E-state index contributed by atoms with van der Waals surface area (Å²) in [5.41, 5.74) is 0. The minimum Gasteiger partial charge on any atom is -0.372 e. The van der Waals surface area contributed by atoms with Crippen LogP contribution in [0.1, 0.15) is 31.5 Å². The van der Waals surface area contributed by atoms with Gasteiger partial charge in [0.05, 0.1) is 11.9 Å². The molecule has 0 radical (unpaired) electrons. The van der Waals surface area contributed by atoms with Gasteiger partial charge in [0.2, 0.25) is 0 Å². The van der Waals surface area contributed by atoms with Crippen LogP contribution in [0.3, 0.4) is 0 Å². The third kappa shape index (κ3) is 2.52. The molecule has 4 nitrogen and oxygen atoms in total. The molecule has 2 aliphatic carbocycles. The molecule has 1 N–H and O–H groups in total. The number of fused-ring (bicyclic) bond motifs is 1. The summed E-state index contributed by atoms with van der Waals surface area (Å²) in [7, 11) is 1.94. The second kappa shape index (κ2) is 4.97. The van der Waals surface area contributed by atoms with Crippen molar-refractivity contribution in [1.29, 1.82) is 0 Å². The van der Waals surface area contributed by atoms with Gasteiger partial charge in [-0.15, -0.1) is 11.3 Å². The summed E-state index contributed by atoms with van der Waals surface area (Å²) in [5.74, 6) is 2.87. The van der Waals surface area contributed by atoms with E-state index in [0.717, 1.165) is 40.4 Å². The molecule has 2 heterocycles. The summed E-state index contributed by atoms with van der Waals surface area (Å²) >= 11 is 1.70. The van der Waals surface area contributed by atoms with Crippen LogP contribution in [0.15, 0.2) is 11.4 Å². The maximum absolute atomic E-state index is 4.75. The Kier molecular flexibility index (Phi) is 3.11. The lowest BCUT2D eigenvalue weighted by molar-refractivity contribution is 0.238. The monoisotopic (exact) mass is 288 g/mol. The first-order valence-electron chi connectivity index (χ1n) is 7.49. The van der Waals surface area contributed by atoms with Crippen molar-refractivity contribution < 1.29 is 0 Å². The molecular formula is C15H20N4S. The zero-order valence-electron chi connectivity index (χ0n) is 11.8. The zero-order valence-corrected chi connectivity index (χ0v) is 12.6. The first-order chi connectivity index (χ1) is 9.83. The minimum atomic E-state index is 0.788. The second-order valence-electron chi connectivity index (χ2n) is 5.98. The average molecular weight is 288 g/mol. The molecule has 2 aromatic rings. The van der Waals surface area contributed by atoms with Crippen LogP contribution in [0, 0.1) is 5.92 Å². The van der Waals surface area contributed by atoms with E-state index in [1.165, 1.54) is 32.2 Å². The van der Waals surface area contributed by atoms with Crippen LogP contribution >= 0.6 is 11.3 Å². The molecular weight excluding hydrogens is 268 g/mol. The van der Waals surface area contributed by atoms with E-state index in [1.54, 1.807) is 11.3 Å². The first kappa shape index (κ1) is 12.5. The van der Waals surface area contributed by atoms with Gasteiger partial charge >= 0.3 is 0 Å². The highest BCUT2D eigenvalue weighted by Crippen LogP contribution is 2.35. The van der Waals surface area contributed by atoms with Gasteiger partial charge in [0, 0.05) is 19.6 Å². The highest BCUT2D eigenvalue weighted by Gasteiger charge is 2.34. The number of nitrogens with zero attached hydrogens (tertiary/aromatic N) is 3. The third-order valence-electron chi connectivity index (χ3n) is 4.21. The molecule has 0 bridgehead atoms. The Bertz CT molecular complexity index is 615. The fourth-order valence-corrected chi connectivity index (χ4v) is 3.54. The largest absolute Gasteiger partial charge is 0.372 e. The summed E-state index contributed by atoms with van der Waals surface area (Å²) < 4.78 is 0. The smallest absolute Gasteiger partial charge is 0.146 e. The third-order valence-corrected chi connectivity index (χ3v) is 5.01. The van der Waals surface area contributed by atoms with Crippen molar-refractivity contribution in [1.82, 2.24) is 14.9 Å². The van der Waals surface area contributed by atoms with Gasteiger partial charge in [0.25, 0.3) is 0 Å². The Morgan fingerprint density at radius 3 is 2.85 bits per heavy atom. The van der Waals surface area contributed by atoms with E-state index in [0.29, 0.717) is 0 Å². The Morgan fingerprint density at radius 1 is 1.30 bits per heavy atom. The quantitative estimate of drug-likeness (QED) is 0.887. The Balaban J connectivity index is 1.59. The van der Waals surface area contributed by atoms with Crippen LogP contribution in [0.4, 0.5) is 5.82 Å². The average Bonchev–Trinajstić information content (AvgIpc) is 3.36. The Labute approximate surface area is 123 Å². The molecule has 0 unspecified atom stereocenters. The molecule has 2 saturated carbocycles. The van der Waals surface area contributed by atoms with Gasteiger partial charge in [0.1, 0.15) is 16.5 Å². The first-order valence-corrected chi connectivity index (χ1v) is 8.37. The predicted molar refractivity (Wildman–Crippen MR) is 83.1 cm³/mol. The molecule has 0 atom stereocenters. The maximum atomic E-state index is 4.75. The lowest BCUT2D eigenvalue weighted by Gasteiger charge is -2.21. The highest BCUT2D eigenvalue weighted by atomic mass is 32.1. The minimum absolute atomic E-state index is 0.788. The van der Waals surface area contributed by atoms with Crippen molar-refractivity contribution in [2.45, 2.75) is 38.3 Å². The van der Waals surface area contributed by atoms with Gasteiger partial charge in [-0.05, 0) is 43.0 Å². The molecule has 2 aliphatic rings. The van der Waals surface area contributed by atoms with Crippen LogP contribution in [-0.4, -0.2) is 34.5 Å². The second-order valence-corrected chi connectivity index (χ2v) is 6.88. The van der Waals surface area contributed by atoms with E-state index in [2.05, 4.69) is 21.7 Å². The number of rotatable bonds is 6. The van der Waals surface area contributed by atoms with Crippen LogP contribution < -0.4 is 5.32 Å². The summed E-state index contributed by atoms with van der Waals surface area (Å²) in [6.45, 7) is 2.15. The molecule has 20 heavy (non-hydrogen) atoms. The molecule has 4 rings (SSSR count). The van der Waals surface area contributed by atoms with Gasteiger partial charge < -0.3 is 5.32 Å². The zero-order chi connectivity index (χ0) is 13.5. The Hall–Kier alpha value is -1.20. The van der Waals surface area contributed by atoms with E-state index in [4.69, 9.17) is 9.97 Å². The lowest BCUT2D eigenvalue weighted by atomic mass is 10.3. The molecule has 0 saturated heterocycles. The molecule has 0 aliphatic heterocycles. The number of hydrogen-bond acceptors (Lipinski definition) is 5. The molecule has 2 fully saturated rings. The van der Waals surface area contributed by atoms with Crippen molar-refractivity contribution in [3.8, 4) is 0 Å². The van der Waals surface area contributed by atoms with Crippen LogP contribution in [0.2, 0.25) is 0 Å². The molecule has 106 valence electrons. The fraction of sp³-hybridized carbons (Fsp3) is 0.600. The molecule has 0 amide bonds. The van der Waals surface area contributed by atoms with Gasteiger partial charge in [-0.2, -0.15) is 0 Å². The van der Waals surface area contributed by atoms with Crippen molar-refractivity contribution in [3.63, 3.8) is 0 Å². The van der Waals surface area contributed by atoms with E-state index >= 15 is 0 Å².